The van der Waals surface area contributed by atoms with E-state index in [1.165, 1.54) is 0 Å². The van der Waals surface area contributed by atoms with Crippen LogP contribution in [0, 0.1) is 0 Å². The molecule has 2 aromatic heterocycles. The summed E-state index contributed by atoms with van der Waals surface area (Å²) >= 11 is 0. The fraction of sp³-hybridized carbons (Fsp3) is 0.100. The molecule has 2 N–H and O–H groups in total. The highest BCUT2D eigenvalue weighted by atomic mass is 16.5. The Labute approximate surface area is 90.7 Å². The summed E-state index contributed by atoms with van der Waals surface area (Å²) in [4.78, 5) is 4.33. The van der Waals surface area contributed by atoms with Crippen LogP contribution in [-0.4, -0.2) is 26.7 Å². The highest BCUT2D eigenvalue weighted by molar-refractivity contribution is 5.80. The van der Waals surface area contributed by atoms with E-state index in [1.54, 1.807) is 11.5 Å². The highest BCUT2D eigenvalue weighted by Crippen LogP contribution is 2.23. The Hall–Kier alpha value is -2.37. The lowest BCUT2D eigenvalue weighted by atomic mass is 10.3. The van der Waals surface area contributed by atoms with Gasteiger partial charge < -0.3 is 10.5 Å². The van der Waals surface area contributed by atoms with E-state index in [1.807, 2.05) is 24.3 Å². The van der Waals surface area contributed by atoms with Gasteiger partial charge in [0.2, 0.25) is 11.6 Å². The van der Waals surface area contributed by atoms with Gasteiger partial charge in [-0.25, -0.2) is 4.98 Å². The van der Waals surface area contributed by atoms with Crippen molar-refractivity contribution in [3.05, 3.63) is 24.3 Å². The molecule has 0 bridgehead atoms. The predicted molar refractivity (Wildman–Crippen MR) is 59.3 cm³/mol. The van der Waals surface area contributed by atoms with Crippen LogP contribution in [-0.2, 0) is 0 Å². The number of para-hydroxylation sites is 2. The topological polar surface area (TPSA) is 78.3 Å². The molecule has 2 heterocycles. The fourth-order valence-electron chi connectivity index (χ4n) is 1.72. The van der Waals surface area contributed by atoms with Gasteiger partial charge in [-0.1, -0.05) is 12.1 Å². The number of aromatic nitrogens is 4. The van der Waals surface area contributed by atoms with E-state index < -0.39 is 0 Å². The standard InChI is InChI=1S/C10H9N5O/c1-16-9-8-13-14-10(11)15(8)7-5-3-2-4-6(7)12-9/h2-5H,1H3,(H2,11,14). The van der Waals surface area contributed by atoms with Gasteiger partial charge in [-0.15, -0.1) is 10.2 Å². The SMILES string of the molecule is COc1nc2ccccc2n2c(N)nnc12. The van der Waals surface area contributed by atoms with Gasteiger partial charge in [-0.3, -0.25) is 4.40 Å². The Morgan fingerprint density at radius 3 is 2.88 bits per heavy atom. The van der Waals surface area contributed by atoms with Crippen molar-refractivity contribution in [2.75, 3.05) is 12.8 Å². The van der Waals surface area contributed by atoms with E-state index in [9.17, 15) is 0 Å². The smallest absolute Gasteiger partial charge is 0.260 e. The van der Waals surface area contributed by atoms with Gasteiger partial charge in [0.05, 0.1) is 18.1 Å². The maximum absolute atomic E-state index is 5.77. The molecule has 1 aromatic carbocycles. The van der Waals surface area contributed by atoms with Gasteiger partial charge in [0.1, 0.15) is 0 Å². The number of fused-ring (bicyclic) bond motifs is 3. The lowest BCUT2D eigenvalue weighted by Gasteiger charge is -2.05. The van der Waals surface area contributed by atoms with Crippen LogP contribution in [0.25, 0.3) is 16.7 Å². The summed E-state index contributed by atoms with van der Waals surface area (Å²) in [5.74, 6) is 0.745. The fourth-order valence-corrected chi connectivity index (χ4v) is 1.72. The van der Waals surface area contributed by atoms with Crippen molar-refractivity contribution in [3.63, 3.8) is 0 Å². The Morgan fingerprint density at radius 1 is 1.25 bits per heavy atom. The normalized spacial score (nSPS) is 11.1. The van der Waals surface area contributed by atoms with Crippen molar-refractivity contribution < 1.29 is 4.74 Å². The number of hydrogen-bond acceptors (Lipinski definition) is 5. The molecule has 16 heavy (non-hydrogen) atoms. The van der Waals surface area contributed by atoms with Crippen LogP contribution in [0.1, 0.15) is 0 Å². The third kappa shape index (κ3) is 1.04. The molecule has 0 aliphatic carbocycles. The zero-order valence-electron chi connectivity index (χ0n) is 8.58. The van der Waals surface area contributed by atoms with Crippen LogP contribution in [0.4, 0.5) is 5.95 Å². The number of benzene rings is 1. The summed E-state index contributed by atoms with van der Waals surface area (Å²) in [5.41, 5.74) is 7.95. The molecule has 0 aliphatic heterocycles. The largest absolute Gasteiger partial charge is 0.478 e. The number of anilines is 1. The van der Waals surface area contributed by atoms with Gasteiger partial charge >= 0.3 is 0 Å². The minimum atomic E-state index is 0.326. The van der Waals surface area contributed by atoms with Crippen molar-refractivity contribution in [2.45, 2.75) is 0 Å². The molecule has 3 aromatic rings. The maximum Gasteiger partial charge on any atom is 0.260 e. The lowest BCUT2D eigenvalue weighted by molar-refractivity contribution is 0.402. The summed E-state index contributed by atoms with van der Waals surface area (Å²) in [6.45, 7) is 0. The first-order valence-electron chi connectivity index (χ1n) is 4.74. The molecule has 0 unspecified atom stereocenters. The third-order valence-corrected chi connectivity index (χ3v) is 2.42. The zero-order valence-corrected chi connectivity index (χ0v) is 8.58. The first kappa shape index (κ1) is 8.90. The number of methoxy groups -OCH3 is 1. The van der Waals surface area contributed by atoms with E-state index in [0.29, 0.717) is 17.5 Å². The summed E-state index contributed by atoms with van der Waals surface area (Å²) < 4.78 is 6.88. The van der Waals surface area contributed by atoms with E-state index >= 15 is 0 Å². The predicted octanol–water partition coefficient (Wildman–Crippen LogP) is 0.868. The minimum Gasteiger partial charge on any atom is -0.478 e. The summed E-state index contributed by atoms with van der Waals surface area (Å²) in [6, 6.07) is 7.61. The third-order valence-electron chi connectivity index (χ3n) is 2.42. The molecular formula is C10H9N5O. The van der Waals surface area contributed by atoms with Crippen LogP contribution in [0.2, 0.25) is 0 Å². The average molecular weight is 215 g/mol. The minimum absolute atomic E-state index is 0.326. The van der Waals surface area contributed by atoms with Gasteiger partial charge in [-0.2, -0.15) is 0 Å². The monoisotopic (exact) mass is 215 g/mol. The molecule has 0 radical (unpaired) electrons. The van der Waals surface area contributed by atoms with Gasteiger partial charge in [0.15, 0.2) is 0 Å². The molecule has 0 aliphatic rings. The summed E-state index contributed by atoms with van der Waals surface area (Å²) in [7, 11) is 1.54. The van der Waals surface area contributed by atoms with Crippen molar-refractivity contribution in [1.29, 1.82) is 0 Å². The molecule has 0 fully saturated rings. The molecule has 3 rings (SSSR count). The number of rotatable bonds is 1. The Morgan fingerprint density at radius 2 is 2.06 bits per heavy atom. The Bertz CT molecular complexity index is 675. The van der Waals surface area contributed by atoms with Crippen LogP contribution in [0.3, 0.4) is 0 Å². The van der Waals surface area contributed by atoms with Crippen LogP contribution in [0.15, 0.2) is 24.3 Å². The van der Waals surface area contributed by atoms with Crippen LogP contribution < -0.4 is 10.5 Å². The number of nitrogen functional groups attached to an aromatic ring is 1. The molecule has 6 heteroatoms. The average Bonchev–Trinajstić information content (AvgIpc) is 2.71. The molecule has 0 spiro atoms. The van der Waals surface area contributed by atoms with E-state index in [4.69, 9.17) is 10.5 Å². The molecular weight excluding hydrogens is 206 g/mol. The molecule has 0 saturated heterocycles. The number of nitrogens with zero attached hydrogens (tertiary/aromatic N) is 4. The second-order valence-electron chi connectivity index (χ2n) is 3.33. The number of hydrogen-bond donors (Lipinski definition) is 1. The molecule has 0 saturated carbocycles. The van der Waals surface area contributed by atoms with Crippen molar-refractivity contribution in [3.8, 4) is 5.88 Å². The van der Waals surface area contributed by atoms with Gasteiger partial charge in [0.25, 0.3) is 5.88 Å². The molecule has 0 amide bonds. The number of ether oxygens (including phenoxy) is 1. The van der Waals surface area contributed by atoms with Crippen LogP contribution in [0.5, 0.6) is 5.88 Å². The lowest BCUT2D eigenvalue weighted by Crippen LogP contribution is -1.99. The Kier molecular flexibility index (Phi) is 1.70. The second kappa shape index (κ2) is 3.06. The van der Waals surface area contributed by atoms with E-state index in [-0.39, 0.29) is 0 Å². The summed E-state index contributed by atoms with van der Waals surface area (Å²) in [6.07, 6.45) is 0. The van der Waals surface area contributed by atoms with Crippen LogP contribution >= 0.6 is 0 Å². The Balaban J connectivity index is 2.60. The first-order valence-corrected chi connectivity index (χ1v) is 4.74. The summed E-state index contributed by atoms with van der Waals surface area (Å²) in [5, 5.41) is 7.76. The highest BCUT2D eigenvalue weighted by Gasteiger charge is 2.12. The maximum atomic E-state index is 5.77. The van der Waals surface area contributed by atoms with Gasteiger partial charge in [0, 0.05) is 0 Å². The molecule has 6 nitrogen and oxygen atoms in total. The van der Waals surface area contributed by atoms with Crippen molar-refractivity contribution in [2.24, 2.45) is 0 Å². The van der Waals surface area contributed by atoms with Crippen molar-refractivity contribution in [1.82, 2.24) is 19.6 Å². The van der Waals surface area contributed by atoms with Gasteiger partial charge in [-0.05, 0) is 12.1 Å². The quantitative estimate of drug-likeness (QED) is 0.651. The molecule has 0 atom stereocenters. The van der Waals surface area contributed by atoms with E-state index in [2.05, 4.69) is 15.2 Å². The second-order valence-corrected chi connectivity index (χ2v) is 3.33. The zero-order chi connectivity index (χ0) is 11.1. The van der Waals surface area contributed by atoms with Crippen molar-refractivity contribution >= 4 is 22.6 Å². The number of nitrogens with two attached hydrogens (primary N) is 1. The van der Waals surface area contributed by atoms with E-state index in [0.717, 1.165) is 11.0 Å². The first-order chi connectivity index (χ1) is 7.81. The molecule has 80 valence electrons.